The molecule has 0 radical (unpaired) electrons. The van der Waals surface area contributed by atoms with Gasteiger partial charge in [0, 0.05) is 6.54 Å². The predicted octanol–water partition coefficient (Wildman–Crippen LogP) is 2.15. The molecule has 4 nitrogen and oxygen atoms in total. The van der Waals surface area contributed by atoms with Gasteiger partial charge in [-0.25, -0.2) is 4.79 Å². The maximum absolute atomic E-state index is 11.4. The molecule has 0 aromatic heterocycles. The molecule has 1 heterocycles. The number of amides is 1. The average molecular weight is 242 g/mol. The highest BCUT2D eigenvalue weighted by Crippen LogP contribution is 2.22. The molecule has 4 heteroatoms. The highest BCUT2D eigenvalue weighted by molar-refractivity contribution is 5.67. The van der Waals surface area contributed by atoms with Crippen molar-refractivity contribution in [2.75, 3.05) is 19.6 Å². The number of nitrogens with one attached hydrogen (secondary N) is 2. The van der Waals surface area contributed by atoms with E-state index in [4.69, 9.17) is 4.74 Å². The van der Waals surface area contributed by atoms with Crippen LogP contribution in [0, 0.1) is 11.8 Å². The van der Waals surface area contributed by atoms with E-state index in [-0.39, 0.29) is 6.09 Å². The van der Waals surface area contributed by atoms with Gasteiger partial charge in [0.15, 0.2) is 0 Å². The Morgan fingerprint density at radius 1 is 1.35 bits per heavy atom. The quantitative estimate of drug-likeness (QED) is 0.794. The SMILES string of the molecule is CCC1CNCC1CCNC(=O)OC(C)(C)C. The van der Waals surface area contributed by atoms with Crippen molar-refractivity contribution < 1.29 is 9.53 Å². The van der Waals surface area contributed by atoms with Crippen molar-refractivity contribution in [1.29, 1.82) is 0 Å². The molecule has 2 N–H and O–H groups in total. The largest absolute Gasteiger partial charge is 0.444 e. The zero-order valence-corrected chi connectivity index (χ0v) is 11.5. The number of carbonyl (C=O) groups is 1. The smallest absolute Gasteiger partial charge is 0.407 e. The molecule has 1 saturated heterocycles. The molecule has 1 fully saturated rings. The number of rotatable bonds is 4. The lowest BCUT2D eigenvalue weighted by Gasteiger charge is -2.21. The van der Waals surface area contributed by atoms with Crippen LogP contribution in [-0.4, -0.2) is 31.3 Å². The van der Waals surface area contributed by atoms with Crippen LogP contribution in [0.25, 0.3) is 0 Å². The maximum Gasteiger partial charge on any atom is 0.407 e. The summed E-state index contributed by atoms with van der Waals surface area (Å²) in [6.45, 7) is 10.8. The fourth-order valence-corrected chi connectivity index (χ4v) is 2.28. The second-order valence-electron chi connectivity index (χ2n) is 5.80. The molecule has 2 atom stereocenters. The Hall–Kier alpha value is -0.770. The van der Waals surface area contributed by atoms with Gasteiger partial charge in [-0.2, -0.15) is 0 Å². The van der Waals surface area contributed by atoms with Gasteiger partial charge in [0.1, 0.15) is 5.60 Å². The standard InChI is InChI=1S/C13H26N2O2/c1-5-10-8-14-9-11(10)6-7-15-12(16)17-13(2,3)4/h10-11,14H,5-9H2,1-4H3,(H,15,16). The van der Waals surface area contributed by atoms with Crippen LogP contribution >= 0.6 is 0 Å². The first-order valence-electron chi connectivity index (χ1n) is 6.60. The van der Waals surface area contributed by atoms with Crippen molar-refractivity contribution in [1.82, 2.24) is 10.6 Å². The third-order valence-electron chi connectivity index (χ3n) is 3.19. The maximum atomic E-state index is 11.4. The van der Waals surface area contributed by atoms with Gasteiger partial charge in [0.2, 0.25) is 0 Å². The lowest BCUT2D eigenvalue weighted by Crippen LogP contribution is -2.34. The van der Waals surface area contributed by atoms with E-state index in [2.05, 4.69) is 17.6 Å². The fourth-order valence-electron chi connectivity index (χ4n) is 2.28. The second-order valence-corrected chi connectivity index (χ2v) is 5.80. The van der Waals surface area contributed by atoms with Gasteiger partial charge < -0.3 is 15.4 Å². The van der Waals surface area contributed by atoms with Gasteiger partial charge in [-0.3, -0.25) is 0 Å². The van der Waals surface area contributed by atoms with Crippen molar-refractivity contribution >= 4 is 6.09 Å². The lowest BCUT2D eigenvalue weighted by atomic mass is 9.91. The molecule has 0 aromatic rings. The molecule has 1 aliphatic rings. The molecule has 100 valence electrons. The van der Waals surface area contributed by atoms with Gasteiger partial charge in [-0.15, -0.1) is 0 Å². The minimum atomic E-state index is -0.412. The molecular weight excluding hydrogens is 216 g/mol. The molecule has 1 amide bonds. The lowest BCUT2D eigenvalue weighted by molar-refractivity contribution is 0.0524. The zero-order valence-electron chi connectivity index (χ0n) is 11.5. The third kappa shape index (κ3) is 5.39. The first-order valence-corrected chi connectivity index (χ1v) is 6.60. The summed E-state index contributed by atoms with van der Waals surface area (Å²) in [6, 6.07) is 0. The Morgan fingerprint density at radius 3 is 2.59 bits per heavy atom. The normalized spacial score (nSPS) is 24.7. The van der Waals surface area contributed by atoms with Gasteiger partial charge >= 0.3 is 6.09 Å². The van der Waals surface area contributed by atoms with Crippen LogP contribution in [0.15, 0.2) is 0 Å². The summed E-state index contributed by atoms with van der Waals surface area (Å²) in [5.74, 6) is 1.45. The number of ether oxygens (including phenoxy) is 1. The molecule has 1 rings (SSSR count). The predicted molar refractivity (Wildman–Crippen MR) is 69.0 cm³/mol. The second kappa shape index (κ2) is 6.24. The highest BCUT2D eigenvalue weighted by atomic mass is 16.6. The van der Waals surface area contributed by atoms with Crippen LogP contribution in [0.1, 0.15) is 40.5 Å². The van der Waals surface area contributed by atoms with Gasteiger partial charge in [-0.1, -0.05) is 13.3 Å². The van der Waals surface area contributed by atoms with Crippen molar-refractivity contribution in [2.45, 2.75) is 46.1 Å². The van der Waals surface area contributed by atoms with E-state index in [1.807, 2.05) is 20.8 Å². The Bertz CT molecular complexity index is 248. The molecule has 0 spiro atoms. The molecule has 17 heavy (non-hydrogen) atoms. The summed E-state index contributed by atoms with van der Waals surface area (Å²) in [7, 11) is 0. The Balaban J connectivity index is 2.17. The summed E-state index contributed by atoms with van der Waals surface area (Å²) in [5, 5.41) is 6.23. The van der Waals surface area contributed by atoms with Crippen LogP contribution in [0.5, 0.6) is 0 Å². The third-order valence-corrected chi connectivity index (χ3v) is 3.19. The molecule has 0 aliphatic carbocycles. The van der Waals surface area contributed by atoms with E-state index in [0.29, 0.717) is 12.5 Å². The van der Waals surface area contributed by atoms with Crippen molar-refractivity contribution in [3.05, 3.63) is 0 Å². The molecule has 0 aromatic carbocycles. The van der Waals surface area contributed by atoms with E-state index in [0.717, 1.165) is 25.4 Å². The summed E-state index contributed by atoms with van der Waals surface area (Å²) in [6.07, 6.45) is 1.94. The summed E-state index contributed by atoms with van der Waals surface area (Å²) in [5.41, 5.74) is -0.412. The minimum Gasteiger partial charge on any atom is -0.444 e. The first kappa shape index (κ1) is 14.3. The summed E-state index contributed by atoms with van der Waals surface area (Å²) < 4.78 is 5.19. The van der Waals surface area contributed by atoms with Gasteiger partial charge in [0.05, 0.1) is 0 Å². The highest BCUT2D eigenvalue weighted by Gasteiger charge is 2.25. The van der Waals surface area contributed by atoms with Crippen LogP contribution < -0.4 is 10.6 Å². The number of hydrogen-bond donors (Lipinski definition) is 2. The Kier molecular flexibility index (Phi) is 5.25. The molecular formula is C13H26N2O2. The van der Waals surface area contributed by atoms with Crippen LogP contribution in [0.4, 0.5) is 4.79 Å². The van der Waals surface area contributed by atoms with Crippen molar-refractivity contribution in [2.24, 2.45) is 11.8 Å². The van der Waals surface area contributed by atoms with Crippen molar-refractivity contribution in [3.63, 3.8) is 0 Å². The average Bonchev–Trinajstić information content (AvgIpc) is 2.62. The van der Waals surface area contributed by atoms with E-state index in [1.165, 1.54) is 6.42 Å². The van der Waals surface area contributed by atoms with Crippen LogP contribution in [0.3, 0.4) is 0 Å². The molecule has 0 bridgehead atoms. The molecule has 0 saturated carbocycles. The van der Waals surface area contributed by atoms with Crippen molar-refractivity contribution in [3.8, 4) is 0 Å². The number of hydrogen-bond acceptors (Lipinski definition) is 3. The van der Waals surface area contributed by atoms with E-state index < -0.39 is 5.60 Å². The van der Waals surface area contributed by atoms with E-state index in [1.54, 1.807) is 0 Å². The monoisotopic (exact) mass is 242 g/mol. The van der Waals surface area contributed by atoms with Gasteiger partial charge in [-0.05, 0) is 52.1 Å². The topological polar surface area (TPSA) is 50.4 Å². The molecule has 2 unspecified atom stereocenters. The van der Waals surface area contributed by atoms with Gasteiger partial charge in [0.25, 0.3) is 0 Å². The van der Waals surface area contributed by atoms with E-state index >= 15 is 0 Å². The summed E-state index contributed by atoms with van der Waals surface area (Å²) in [4.78, 5) is 11.4. The van der Waals surface area contributed by atoms with Crippen LogP contribution in [0.2, 0.25) is 0 Å². The number of alkyl carbamates (subject to hydrolysis) is 1. The minimum absolute atomic E-state index is 0.309. The number of carbonyl (C=O) groups excluding carboxylic acids is 1. The van der Waals surface area contributed by atoms with Crippen LogP contribution in [-0.2, 0) is 4.74 Å². The first-order chi connectivity index (χ1) is 7.92. The fraction of sp³-hybridized carbons (Fsp3) is 0.923. The summed E-state index contributed by atoms with van der Waals surface area (Å²) >= 11 is 0. The Labute approximate surface area is 104 Å². The molecule has 1 aliphatic heterocycles. The van der Waals surface area contributed by atoms with E-state index in [9.17, 15) is 4.79 Å². The zero-order chi connectivity index (χ0) is 12.9. The Morgan fingerprint density at radius 2 is 2.00 bits per heavy atom.